The van der Waals surface area contributed by atoms with Crippen molar-refractivity contribution in [2.75, 3.05) is 6.54 Å². The van der Waals surface area contributed by atoms with Crippen molar-refractivity contribution in [3.63, 3.8) is 0 Å². The Labute approximate surface area is 115 Å². The molecule has 1 atom stereocenters. The summed E-state index contributed by atoms with van der Waals surface area (Å²) in [5, 5.41) is 9.05. The minimum absolute atomic E-state index is 0.243. The molecule has 0 radical (unpaired) electrons. The molecule has 4 nitrogen and oxygen atoms in total. The van der Waals surface area contributed by atoms with Gasteiger partial charge in [-0.1, -0.05) is 15.9 Å². The summed E-state index contributed by atoms with van der Waals surface area (Å²) in [6, 6.07) is 8.05. The SMILES string of the molecule is N#CC1CCCCN1S(=O)(=O)c1ccc(Br)cc1. The van der Waals surface area contributed by atoms with E-state index in [-0.39, 0.29) is 4.90 Å². The second-order valence-corrected chi connectivity index (χ2v) is 7.02. The fourth-order valence-corrected chi connectivity index (χ4v) is 3.94. The summed E-state index contributed by atoms with van der Waals surface area (Å²) in [6.07, 6.45) is 2.34. The second-order valence-electron chi connectivity index (χ2n) is 4.21. The van der Waals surface area contributed by atoms with Crippen LogP contribution < -0.4 is 0 Å². The number of hydrogen-bond acceptors (Lipinski definition) is 3. The van der Waals surface area contributed by atoms with Gasteiger partial charge in [0.1, 0.15) is 6.04 Å². The lowest BCUT2D eigenvalue weighted by Crippen LogP contribution is -2.42. The van der Waals surface area contributed by atoms with E-state index >= 15 is 0 Å². The van der Waals surface area contributed by atoms with E-state index in [4.69, 9.17) is 5.26 Å². The van der Waals surface area contributed by atoms with Gasteiger partial charge in [0.25, 0.3) is 0 Å². The Hall–Kier alpha value is -0.900. The van der Waals surface area contributed by atoms with Crippen LogP contribution in [0.25, 0.3) is 0 Å². The molecule has 0 aliphatic carbocycles. The zero-order valence-corrected chi connectivity index (χ0v) is 12.1. The summed E-state index contributed by atoms with van der Waals surface area (Å²) in [6.45, 7) is 0.427. The molecule has 2 rings (SSSR count). The largest absolute Gasteiger partial charge is 0.244 e. The molecular formula is C12H13BrN2O2S. The van der Waals surface area contributed by atoms with Gasteiger partial charge in [0, 0.05) is 11.0 Å². The third-order valence-corrected chi connectivity index (χ3v) is 5.47. The average Bonchev–Trinajstić information content (AvgIpc) is 2.39. The fraction of sp³-hybridized carbons (Fsp3) is 0.417. The monoisotopic (exact) mass is 328 g/mol. The molecule has 0 saturated carbocycles. The minimum atomic E-state index is -3.55. The van der Waals surface area contributed by atoms with Gasteiger partial charge in [0.05, 0.1) is 11.0 Å². The number of benzene rings is 1. The molecule has 1 aromatic carbocycles. The van der Waals surface area contributed by atoms with Crippen LogP contribution in [0.1, 0.15) is 19.3 Å². The highest BCUT2D eigenvalue weighted by atomic mass is 79.9. The molecule has 0 spiro atoms. The maximum Gasteiger partial charge on any atom is 0.244 e. The van der Waals surface area contributed by atoms with Gasteiger partial charge in [-0.3, -0.25) is 0 Å². The Balaban J connectivity index is 2.35. The van der Waals surface area contributed by atoms with E-state index in [1.807, 2.05) is 0 Å². The van der Waals surface area contributed by atoms with Crippen LogP contribution in [-0.2, 0) is 10.0 Å². The third kappa shape index (κ3) is 2.58. The first-order chi connectivity index (χ1) is 8.55. The van der Waals surface area contributed by atoms with Gasteiger partial charge in [-0.15, -0.1) is 0 Å². The molecule has 1 aliphatic heterocycles. The van der Waals surface area contributed by atoms with E-state index in [9.17, 15) is 8.42 Å². The lowest BCUT2D eigenvalue weighted by molar-refractivity contribution is 0.297. The Morgan fingerprint density at radius 1 is 1.28 bits per heavy atom. The van der Waals surface area contributed by atoms with E-state index in [0.717, 1.165) is 17.3 Å². The summed E-state index contributed by atoms with van der Waals surface area (Å²) in [4.78, 5) is 0.243. The summed E-state index contributed by atoms with van der Waals surface area (Å²) in [5.41, 5.74) is 0. The molecule has 96 valence electrons. The van der Waals surface area contributed by atoms with Crippen LogP contribution in [0.3, 0.4) is 0 Å². The van der Waals surface area contributed by atoms with Crippen molar-refractivity contribution in [1.82, 2.24) is 4.31 Å². The zero-order valence-electron chi connectivity index (χ0n) is 9.71. The number of nitrogens with zero attached hydrogens (tertiary/aromatic N) is 2. The molecule has 6 heteroatoms. The van der Waals surface area contributed by atoms with Crippen LogP contribution in [0, 0.1) is 11.3 Å². The fourth-order valence-electron chi connectivity index (χ4n) is 2.06. The van der Waals surface area contributed by atoms with E-state index in [2.05, 4.69) is 22.0 Å². The molecular weight excluding hydrogens is 316 g/mol. The molecule has 0 amide bonds. The Bertz CT molecular complexity index is 563. The van der Waals surface area contributed by atoms with Crippen LogP contribution >= 0.6 is 15.9 Å². The third-order valence-electron chi connectivity index (χ3n) is 3.02. The Morgan fingerprint density at radius 3 is 2.56 bits per heavy atom. The summed E-state index contributed by atoms with van der Waals surface area (Å²) >= 11 is 3.27. The number of nitriles is 1. The molecule has 0 aromatic heterocycles. The Kier molecular flexibility index (Phi) is 4.05. The van der Waals surface area contributed by atoms with Crippen LogP contribution in [0.15, 0.2) is 33.6 Å². The van der Waals surface area contributed by atoms with Crippen molar-refractivity contribution in [3.8, 4) is 6.07 Å². The number of rotatable bonds is 2. The van der Waals surface area contributed by atoms with Crippen molar-refractivity contribution >= 4 is 26.0 Å². The first-order valence-corrected chi connectivity index (χ1v) is 7.96. The maximum absolute atomic E-state index is 12.4. The highest BCUT2D eigenvalue weighted by Gasteiger charge is 2.33. The lowest BCUT2D eigenvalue weighted by atomic mass is 10.1. The number of piperidine rings is 1. The number of sulfonamides is 1. The lowest BCUT2D eigenvalue weighted by Gasteiger charge is -2.30. The van der Waals surface area contributed by atoms with Crippen molar-refractivity contribution in [2.24, 2.45) is 0 Å². The molecule has 1 unspecified atom stereocenters. The van der Waals surface area contributed by atoms with Gasteiger partial charge in [-0.2, -0.15) is 9.57 Å². The van der Waals surface area contributed by atoms with E-state index in [1.165, 1.54) is 4.31 Å². The van der Waals surface area contributed by atoms with Gasteiger partial charge in [-0.25, -0.2) is 8.42 Å². The van der Waals surface area contributed by atoms with Crippen molar-refractivity contribution in [3.05, 3.63) is 28.7 Å². The van der Waals surface area contributed by atoms with Crippen LogP contribution in [-0.4, -0.2) is 25.3 Å². The highest BCUT2D eigenvalue weighted by molar-refractivity contribution is 9.10. The minimum Gasteiger partial charge on any atom is -0.207 e. The summed E-state index contributed by atoms with van der Waals surface area (Å²) in [5.74, 6) is 0. The number of halogens is 1. The maximum atomic E-state index is 12.4. The predicted octanol–water partition coefficient (Wildman–Crippen LogP) is 2.52. The first kappa shape index (κ1) is 13.5. The summed E-state index contributed by atoms with van der Waals surface area (Å²) in [7, 11) is -3.55. The van der Waals surface area contributed by atoms with E-state index < -0.39 is 16.1 Å². The molecule has 1 aliphatic rings. The van der Waals surface area contributed by atoms with Gasteiger partial charge in [0.15, 0.2) is 0 Å². The average molecular weight is 329 g/mol. The molecule has 0 N–H and O–H groups in total. The van der Waals surface area contributed by atoms with Gasteiger partial charge < -0.3 is 0 Å². The van der Waals surface area contributed by atoms with E-state index in [1.54, 1.807) is 24.3 Å². The number of hydrogen-bond donors (Lipinski definition) is 0. The second kappa shape index (κ2) is 5.39. The zero-order chi connectivity index (χ0) is 13.2. The normalized spacial score (nSPS) is 21.4. The molecule has 1 saturated heterocycles. The molecule has 1 heterocycles. The van der Waals surface area contributed by atoms with Crippen LogP contribution in [0.2, 0.25) is 0 Å². The molecule has 18 heavy (non-hydrogen) atoms. The standard InChI is InChI=1S/C12H13BrN2O2S/c13-10-4-6-12(7-5-10)18(16,17)15-8-2-1-3-11(15)9-14/h4-7,11H,1-3,8H2. The van der Waals surface area contributed by atoms with E-state index in [0.29, 0.717) is 13.0 Å². The van der Waals surface area contributed by atoms with Gasteiger partial charge in [0.2, 0.25) is 10.0 Å². The highest BCUT2D eigenvalue weighted by Crippen LogP contribution is 2.25. The molecule has 0 bridgehead atoms. The van der Waals surface area contributed by atoms with Crippen molar-refractivity contribution in [1.29, 1.82) is 5.26 Å². The topological polar surface area (TPSA) is 61.2 Å². The van der Waals surface area contributed by atoms with Crippen molar-refractivity contribution < 1.29 is 8.42 Å². The smallest absolute Gasteiger partial charge is 0.207 e. The van der Waals surface area contributed by atoms with Crippen LogP contribution in [0.5, 0.6) is 0 Å². The predicted molar refractivity (Wildman–Crippen MR) is 71.3 cm³/mol. The first-order valence-electron chi connectivity index (χ1n) is 5.73. The molecule has 1 aromatic rings. The molecule has 1 fully saturated rings. The Morgan fingerprint density at radius 2 is 1.94 bits per heavy atom. The summed E-state index contributed by atoms with van der Waals surface area (Å²) < 4.78 is 27.0. The van der Waals surface area contributed by atoms with Crippen LogP contribution in [0.4, 0.5) is 0 Å². The quantitative estimate of drug-likeness (QED) is 0.838. The van der Waals surface area contributed by atoms with Gasteiger partial charge in [-0.05, 0) is 43.5 Å². The van der Waals surface area contributed by atoms with Gasteiger partial charge >= 0.3 is 0 Å². The van der Waals surface area contributed by atoms with Crippen molar-refractivity contribution in [2.45, 2.75) is 30.2 Å².